The summed E-state index contributed by atoms with van der Waals surface area (Å²) in [5.74, 6) is 0.497. The molecule has 28 heavy (non-hydrogen) atoms. The van der Waals surface area contributed by atoms with E-state index in [0.717, 1.165) is 18.4 Å². The lowest BCUT2D eigenvalue weighted by Gasteiger charge is -2.23. The topological polar surface area (TPSA) is 99.7 Å². The van der Waals surface area contributed by atoms with Gasteiger partial charge in [-0.25, -0.2) is 8.42 Å². The molecule has 0 bridgehead atoms. The molecule has 1 fully saturated rings. The number of sulfone groups is 1. The summed E-state index contributed by atoms with van der Waals surface area (Å²) in [6, 6.07) is 5.53. The fourth-order valence-electron chi connectivity index (χ4n) is 3.33. The second-order valence-corrected chi connectivity index (χ2v) is 9.04. The molecule has 7 nitrogen and oxygen atoms in total. The Balaban J connectivity index is 0.00000392. The number of halogens is 1. The van der Waals surface area contributed by atoms with Gasteiger partial charge in [-0.2, -0.15) is 0 Å². The van der Waals surface area contributed by atoms with E-state index in [1.807, 2.05) is 6.07 Å². The van der Waals surface area contributed by atoms with Gasteiger partial charge in [-0.3, -0.25) is 9.79 Å². The van der Waals surface area contributed by atoms with Gasteiger partial charge in [0.1, 0.15) is 0 Å². The molecule has 0 aliphatic heterocycles. The number of hydrogen-bond acceptors (Lipinski definition) is 4. The second-order valence-electron chi connectivity index (χ2n) is 7.05. The summed E-state index contributed by atoms with van der Waals surface area (Å²) >= 11 is 0. The Morgan fingerprint density at radius 2 is 1.86 bits per heavy atom. The van der Waals surface area contributed by atoms with Crippen LogP contribution in [0.4, 0.5) is 0 Å². The Morgan fingerprint density at radius 3 is 2.43 bits per heavy atom. The summed E-state index contributed by atoms with van der Waals surface area (Å²) in [6.07, 6.45) is 6.94. The smallest absolute Gasteiger partial charge is 0.239 e. The number of amides is 1. The number of guanidine groups is 1. The summed E-state index contributed by atoms with van der Waals surface area (Å²) in [5, 5.41) is 9.21. The molecule has 1 aliphatic carbocycles. The van der Waals surface area contributed by atoms with E-state index >= 15 is 0 Å². The number of carbonyl (C=O) groups is 1. The van der Waals surface area contributed by atoms with E-state index in [4.69, 9.17) is 0 Å². The average Bonchev–Trinajstić information content (AvgIpc) is 2.61. The average molecular weight is 522 g/mol. The minimum atomic E-state index is -3.22. The zero-order chi connectivity index (χ0) is 19.9. The molecule has 0 heterocycles. The standard InChI is InChI=1S/C19H30N4O3S.HI/c1-14-11-15(9-10-17(14)27(3,25)26)12-21-19(20-2)22-13-18(24)23-16-7-5-4-6-8-16;/h9-11,16H,4-8,12-13H2,1-3H3,(H,23,24)(H2,20,21,22);1H. The minimum absolute atomic E-state index is 0. The molecule has 0 radical (unpaired) electrons. The van der Waals surface area contributed by atoms with Gasteiger partial charge in [-0.05, 0) is 37.0 Å². The fraction of sp³-hybridized carbons (Fsp3) is 0.579. The first-order chi connectivity index (χ1) is 12.8. The van der Waals surface area contributed by atoms with E-state index in [9.17, 15) is 13.2 Å². The highest BCUT2D eigenvalue weighted by molar-refractivity contribution is 14.0. The monoisotopic (exact) mass is 522 g/mol. The van der Waals surface area contributed by atoms with Crippen molar-refractivity contribution in [2.75, 3.05) is 19.8 Å². The third kappa shape index (κ3) is 7.94. The Kier molecular flexibility index (Phi) is 10.2. The zero-order valence-electron chi connectivity index (χ0n) is 16.7. The van der Waals surface area contributed by atoms with Gasteiger partial charge < -0.3 is 16.0 Å². The van der Waals surface area contributed by atoms with Crippen LogP contribution in [0.25, 0.3) is 0 Å². The van der Waals surface area contributed by atoms with E-state index in [1.54, 1.807) is 26.1 Å². The van der Waals surface area contributed by atoms with Crippen LogP contribution in [-0.2, 0) is 21.2 Å². The molecule has 1 saturated carbocycles. The Labute approximate surface area is 185 Å². The Hall–Kier alpha value is -1.36. The molecule has 1 aromatic rings. The van der Waals surface area contributed by atoms with Crippen LogP contribution in [0.3, 0.4) is 0 Å². The molecule has 3 N–H and O–H groups in total. The van der Waals surface area contributed by atoms with Crippen molar-refractivity contribution in [2.45, 2.75) is 56.5 Å². The van der Waals surface area contributed by atoms with Gasteiger partial charge in [-0.1, -0.05) is 31.4 Å². The summed E-state index contributed by atoms with van der Waals surface area (Å²) < 4.78 is 23.4. The van der Waals surface area contributed by atoms with Crippen LogP contribution in [0.5, 0.6) is 0 Å². The van der Waals surface area contributed by atoms with Gasteiger partial charge in [0.25, 0.3) is 0 Å². The van der Waals surface area contributed by atoms with Crippen LogP contribution in [0.1, 0.15) is 43.2 Å². The molecule has 0 atom stereocenters. The summed E-state index contributed by atoms with van der Waals surface area (Å²) in [4.78, 5) is 16.5. The van der Waals surface area contributed by atoms with Gasteiger partial charge >= 0.3 is 0 Å². The zero-order valence-corrected chi connectivity index (χ0v) is 19.9. The number of nitrogens with one attached hydrogen (secondary N) is 3. The van der Waals surface area contributed by atoms with Crippen molar-refractivity contribution in [2.24, 2.45) is 4.99 Å². The highest BCUT2D eigenvalue weighted by atomic mass is 127. The van der Waals surface area contributed by atoms with Crippen molar-refractivity contribution in [3.05, 3.63) is 29.3 Å². The maximum Gasteiger partial charge on any atom is 0.239 e. The highest BCUT2D eigenvalue weighted by Crippen LogP contribution is 2.17. The quantitative estimate of drug-likeness (QED) is 0.302. The molecule has 0 saturated heterocycles. The number of rotatable bonds is 6. The largest absolute Gasteiger partial charge is 0.352 e. The van der Waals surface area contributed by atoms with E-state index in [0.29, 0.717) is 29.0 Å². The van der Waals surface area contributed by atoms with Crippen LogP contribution < -0.4 is 16.0 Å². The van der Waals surface area contributed by atoms with Gasteiger partial charge in [0.05, 0.1) is 11.4 Å². The fourth-order valence-corrected chi connectivity index (χ4v) is 4.29. The van der Waals surface area contributed by atoms with Crippen molar-refractivity contribution in [3.63, 3.8) is 0 Å². The van der Waals surface area contributed by atoms with Gasteiger partial charge in [-0.15, -0.1) is 24.0 Å². The van der Waals surface area contributed by atoms with Crippen molar-refractivity contribution >= 4 is 45.7 Å². The third-order valence-corrected chi connectivity index (χ3v) is 5.97. The lowest BCUT2D eigenvalue weighted by Crippen LogP contribution is -2.45. The predicted octanol–water partition coefficient (Wildman–Crippen LogP) is 2.13. The summed E-state index contributed by atoms with van der Waals surface area (Å²) in [7, 11) is -1.57. The van der Waals surface area contributed by atoms with Crippen molar-refractivity contribution < 1.29 is 13.2 Å². The number of aryl methyl sites for hydroxylation is 1. The number of carbonyl (C=O) groups excluding carboxylic acids is 1. The molecular formula is C19H31IN4O3S. The maximum atomic E-state index is 12.1. The first-order valence-corrected chi connectivity index (χ1v) is 11.2. The van der Waals surface area contributed by atoms with E-state index in [2.05, 4.69) is 20.9 Å². The van der Waals surface area contributed by atoms with Crippen LogP contribution >= 0.6 is 24.0 Å². The van der Waals surface area contributed by atoms with E-state index in [-0.39, 0.29) is 36.4 Å². The minimum Gasteiger partial charge on any atom is -0.352 e. The van der Waals surface area contributed by atoms with Crippen LogP contribution in [-0.4, -0.2) is 46.2 Å². The van der Waals surface area contributed by atoms with Crippen LogP contribution in [0.15, 0.2) is 28.1 Å². The first kappa shape index (κ1) is 24.7. The predicted molar refractivity (Wildman–Crippen MR) is 123 cm³/mol. The molecule has 0 aromatic heterocycles. The number of benzene rings is 1. The van der Waals surface area contributed by atoms with E-state index < -0.39 is 9.84 Å². The SMILES string of the molecule is CN=C(NCC(=O)NC1CCCCC1)NCc1ccc(S(C)(=O)=O)c(C)c1.I. The lowest BCUT2D eigenvalue weighted by atomic mass is 9.95. The maximum absolute atomic E-state index is 12.1. The van der Waals surface area contributed by atoms with Crippen LogP contribution in [0.2, 0.25) is 0 Å². The van der Waals surface area contributed by atoms with Crippen molar-refractivity contribution in [3.8, 4) is 0 Å². The van der Waals surface area contributed by atoms with Gasteiger partial charge in [0.2, 0.25) is 5.91 Å². The molecule has 0 unspecified atom stereocenters. The molecular weight excluding hydrogens is 491 g/mol. The highest BCUT2D eigenvalue weighted by Gasteiger charge is 2.15. The molecule has 2 rings (SSSR count). The third-order valence-electron chi connectivity index (χ3n) is 4.71. The molecule has 1 amide bonds. The normalized spacial score (nSPS) is 15.5. The summed E-state index contributed by atoms with van der Waals surface area (Å²) in [6.45, 7) is 2.43. The Morgan fingerprint density at radius 1 is 1.18 bits per heavy atom. The molecule has 1 aromatic carbocycles. The summed E-state index contributed by atoms with van der Waals surface area (Å²) in [5.41, 5.74) is 1.65. The van der Waals surface area contributed by atoms with Gasteiger partial charge in [0.15, 0.2) is 15.8 Å². The Bertz CT molecular complexity index is 790. The molecule has 158 valence electrons. The van der Waals surface area contributed by atoms with Gasteiger partial charge in [0, 0.05) is 25.9 Å². The first-order valence-electron chi connectivity index (χ1n) is 9.33. The molecule has 0 spiro atoms. The van der Waals surface area contributed by atoms with Crippen molar-refractivity contribution in [1.82, 2.24) is 16.0 Å². The van der Waals surface area contributed by atoms with E-state index in [1.165, 1.54) is 25.5 Å². The lowest BCUT2D eigenvalue weighted by molar-refractivity contribution is -0.120. The number of aliphatic imine (C=N–C) groups is 1. The molecule has 9 heteroatoms. The van der Waals surface area contributed by atoms with Crippen molar-refractivity contribution in [1.29, 1.82) is 0 Å². The molecule has 1 aliphatic rings. The number of nitrogens with zero attached hydrogens (tertiary/aromatic N) is 1. The number of hydrogen-bond donors (Lipinski definition) is 3. The van der Waals surface area contributed by atoms with Crippen LogP contribution in [0, 0.1) is 6.92 Å². The second kappa shape index (κ2) is 11.6.